The van der Waals surface area contributed by atoms with Crippen molar-refractivity contribution in [2.45, 2.75) is 13.5 Å². The van der Waals surface area contributed by atoms with Crippen LogP contribution >= 0.6 is 0 Å². The van der Waals surface area contributed by atoms with Crippen LogP contribution in [0.15, 0.2) is 24.3 Å². The van der Waals surface area contributed by atoms with Gasteiger partial charge in [-0.25, -0.2) is 0 Å². The second-order valence-electron chi connectivity index (χ2n) is 4.45. The largest absolute Gasteiger partial charge is 0.370 e. The molecule has 2 aromatic rings. The van der Waals surface area contributed by atoms with Crippen molar-refractivity contribution in [3.63, 3.8) is 0 Å². The monoisotopic (exact) mass is 211 g/mol. The summed E-state index contributed by atoms with van der Waals surface area (Å²) < 4.78 is 2.22. The van der Waals surface area contributed by atoms with Crippen molar-refractivity contribution in [3.8, 4) is 6.07 Å². The molecule has 3 nitrogen and oxygen atoms in total. The third kappa shape index (κ3) is 1.13. The minimum atomic E-state index is 0.606. The molecule has 1 atom stereocenters. The van der Waals surface area contributed by atoms with Crippen LogP contribution < -0.4 is 5.32 Å². The highest BCUT2D eigenvalue weighted by atomic mass is 15.1. The highest BCUT2D eigenvalue weighted by Gasteiger charge is 2.21. The lowest BCUT2D eigenvalue weighted by Gasteiger charge is -2.23. The summed E-state index contributed by atoms with van der Waals surface area (Å²) >= 11 is 0. The van der Waals surface area contributed by atoms with Crippen LogP contribution in [0, 0.1) is 17.2 Å². The van der Waals surface area contributed by atoms with Crippen LogP contribution in [-0.4, -0.2) is 11.1 Å². The van der Waals surface area contributed by atoms with Gasteiger partial charge in [0, 0.05) is 18.5 Å². The Morgan fingerprint density at radius 3 is 3.06 bits per heavy atom. The van der Waals surface area contributed by atoms with E-state index in [0.29, 0.717) is 5.92 Å². The van der Waals surface area contributed by atoms with Crippen molar-refractivity contribution < 1.29 is 0 Å². The zero-order chi connectivity index (χ0) is 11.1. The molecule has 0 radical (unpaired) electrons. The van der Waals surface area contributed by atoms with Crippen LogP contribution in [0.2, 0.25) is 0 Å². The molecule has 0 aliphatic carbocycles. The van der Waals surface area contributed by atoms with Crippen molar-refractivity contribution in [1.29, 1.82) is 5.26 Å². The molecule has 80 valence electrons. The van der Waals surface area contributed by atoms with Crippen molar-refractivity contribution in [1.82, 2.24) is 4.57 Å². The lowest BCUT2D eigenvalue weighted by molar-refractivity contribution is 0.489. The SMILES string of the molecule is C[C@@H]1CNc2c(C#N)c3ccccc3n2C1. The van der Waals surface area contributed by atoms with Gasteiger partial charge in [-0.1, -0.05) is 25.1 Å². The Labute approximate surface area is 94.3 Å². The summed E-state index contributed by atoms with van der Waals surface area (Å²) in [6, 6.07) is 10.4. The van der Waals surface area contributed by atoms with Crippen LogP contribution in [0.3, 0.4) is 0 Å². The lowest BCUT2D eigenvalue weighted by Crippen LogP contribution is -2.25. The smallest absolute Gasteiger partial charge is 0.125 e. The molecule has 0 fully saturated rings. The van der Waals surface area contributed by atoms with Gasteiger partial charge in [-0.15, -0.1) is 0 Å². The molecule has 0 amide bonds. The normalized spacial score (nSPS) is 18.9. The van der Waals surface area contributed by atoms with Gasteiger partial charge >= 0.3 is 0 Å². The molecule has 3 rings (SSSR count). The first-order valence-electron chi connectivity index (χ1n) is 5.56. The molecule has 1 aromatic heterocycles. The van der Waals surface area contributed by atoms with Crippen molar-refractivity contribution >= 4 is 16.7 Å². The van der Waals surface area contributed by atoms with E-state index in [4.69, 9.17) is 0 Å². The van der Waals surface area contributed by atoms with Gasteiger partial charge in [-0.2, -0.15) is 5.26 Å². The number of nitriles is 1. The molecule has 1 aliphatic rings. The summed E-state index contributed by atoms with van der Waals surface area (Å²) in [5.74, 6) is 1.59. The van der Waals surface area contributed by atoms with E-state index in [1.165, 1.54) is 0 Å². The molecular formula is C13H13N3. The van der Waals surface area contributed by atoms with Gasteiger partial charge in [0.25, 0.3) is 0 Å². The number of rotatable bonds is 0. The highest BCUT2D eigenvalue weighted by Crippen LogP contribution is 2.32. The topological polar surface area (TPSA) is 40.8 Å². The second-order valence-corrected chi connectivity index (χ2v) is 4.45. The van der Waals surface area contributed by atoms with E-state index in [2.05, 4.69) is 28.9 Å². The van der Waals surface area contributed by atoms with Gasteiger partial charge in [-0.05, 0) is 12.0 Å². The van der Waals surface area contributed by atoms with E-state index in [9.17, 15) is 5.26 Å². The molecular weight excluding hydrogens is 198 g/mol. The third-order valence-corrected chi connectivity index (χ3v) is 3.19. The molecule has 16 heavy (non-hydrogen) atoms. The number of hydrogen-bond acceptors (Lipinski definition) is 2. The molecule has 1 N–H and O–H groups in total. The van der Waals surface area contributed by atoms with Crippen LogP contribution in [0.5, 0.6) is 0 Å². The molecule has 0 saturated carbocycles. The number of hydrogen-bond donors (Lipinski definition) is 1. The Kier molecular flexibility index (Phi) is 1.90. The fourth-order valence-corrected chi connectivity index (χ4v) is 2.44. The van der Waals surface area contributed by atoms with Gasteiger partial charge < -0.3 is 9.88 Å². The van der Waals surface area contributed by atoms with E-state index in [-0.39, 0.29) is 0 Å². The fraction of sp³-hybridized carbons (Fsp3) is 0.308. The second kappa shape index (κ2) is 3.28. The Balaban J connectivity index is 2.37. The van der Waals surface area contributed by atoms with E-state index in [0.717, 1.165) is 35.4 Å². The zero-order valence-electron chi connectivity index (χ0n) is 9.20. The van der Waals surface area contributed by atoms with Crippen LogP contribution in [0.4, 0.5) is 5.82 Å². The Hall–Kier alpha value is -1.95. The summed E-state index contributed by atoms with van der Waals surface area (Å²) in [5.41, 5.74) is 1.94. The lowest BCUT2D eigenvalue weighted by atomic mass is 10.1. The Bertz CT molecular complexity index is 589. The summed E-state index contributed by atoms with van der Waals surface area (Å²) in [6.07, 6.45) is 0. The minimum absolute atomic E-state index is 0.606. The first-order valence-corrected chi connectivity index (χ1v) is 5.56. The number of fused-ring (bicyclic) bond motifs is 3. The maximum atomic E-state index is 9.24. The standard InChI is InChI=1S/C13H13N3/c1-9-7-15-13-11(6-14)10-4-2-3-5-12(10)16(13)8-9/h2-5,9,15H,7-8H2,1H3/t9-/m1/s1. The van der Waals surface area contributed by atoms with E-state index >= 15 is 0 Å². The molecule has 1 aromatic carbocycles. The van der Waals surface area contributed by atoms with Crippen LogP contribution in [0.1, 0.15) is 12.5 Å². The summed E-state index contributed by atoms with van der Waals surface area (Å²) in [7, 11) is 0. The van der Waals surface area contributed by atoms with Gasteiger partial charge in [0.2, 0.25) is 0 Å². The maximum Gasteiger partial charge on any atom is 0.125 e. The first-order chi connectivity index (χ1) is 7.81. The molecule has 0 saturated heterocycles. The van der Waals surface area contributed by atoms with Gasteiger partial charge in [0.15, 0.2) is 0 Å². The predicted octanol–water partition coefficient (Wildman–Crippen LogP) is 2.57. The number of para-hydroxylation sites is 1. The Morgan fingerprint density at radius 1 is 1.44 bits per heavy atom. The van der Waals surface area contributed by atoms with Gasteiger partial charge in [-0.3, -0.25) is 0 Å². The van der Waals surface area contributed by atoms with Crippen molar-refractivity contribution in [3.05, 3.63) is 29.8 Å². The number of nitrogens with one attached hydrogen (secondary N) is 1. The van der Waals surface area contributed by atoms with Crippen LogP contribution in [-0.2, 0) is 6.54 Å². The average Bonchev–Trinajstić information content (AvgIpc) is 2.62. The molecule has 2 heterocycles. The van der Waals surface area contributed by atoms with E-state index in [1.807, 2.05) is 18.2 Å². The highest BCUT2D eigenvalue weighted by molar-refractivity contribution is 5.92. The summed E-state index contributed by atoms with van der Waals surface area (Å²) in [6.45, 7) is 4.16. The first kappa shape index (κ1) is 9.29. The maximum absolute atomic E-state index is 9.24. The minimum Gasteiger partial charge on any atom is -0.370 e. The Morgan fingerprint density at radius 2 is 2.25 bits per heavy atom. The van der Waals surface area contributed by atoms with Gasteiger partial charge in [0.1, 0.15) is 17.5 Å². The molecule has 0 bridgehead atoms. The van der Waals surface area contributed by atoms with Crippen molar-refractivity contribution in [2.24, 2.45) is 5.92 Å². The number of nitrogens with zero attached hydrogens (tertiary/aromatic N) is 2. The number of aromatic nitrogens is 1. The quantitative estimate of drug-likeness (QED) is 0.727. The summed E-state index contributed by atoms with van der Waals surface area (Å²) in [4.78, 5) is 0. The number of anilines is 1. The summed E-state index contributed by atoms with van der Waals surface area (Å²) in [5, 5.41) is 13.7. The molecule has 3 heteroatoms. The number of benzene rings is 1. The molecule has 1 aliphatic heterocycles. The molecule has 0 spiro atoms. The average molecular weight is 211 g/mol. The van der Waals surface area contributed by atoms with Gasteiger partial charge in [0.05, 0.1) is 5.52 Å². The molecule has 0 unspecified atom stereocenters. The van der Waals surface area contributed by atoms with E-state index < -0.39 is 0 Å². The van der Waals surface area contributed by atoms with Crippen molar-refractivity contribution in [2.75, 3.05) is 11.9 Å². The zero-order valence-corrected chi connectivity index (χ0v) is 9.20. The third-order valence-electron chi connectivity index (χ3n) is 3.19. The van der Waals surface area contributed by atoms with E-state index in [1.54, 1.807) is 0 Å². The van der Waals surface area contributed by atoms with Crippen LogP contribution in [0.25, 0.3) is 10.9 Å². The fourth-order valence-electron chi connectivity index (χ4n) is 2.44. The predicted molar refractivity (Wildman–Crippen MR) is 64.3 cm³/mol.